The number of rotatable bonds is 3. The van der Waals surface area contributed by atoms with Gasteiger partial charge in [-0.15, -0.1) is 0 Å². The molecular weight excluding hydrogens is 309 g/mol. The molecule has 4 nitrogen and oxygen atoms in total. The van der Waals surface area contributed by atoms with Crippen molar-refractivity contribution in [3.05, 3.63) is 53.8 Å². The second kappa shape index (κ2) is 7.01. The monoisotopic (exact) mass is 329 g/mol. The minimum absolute atomic E-state index is 0.0806. The molecular formula is C19H20FNO3. The molecule has 2 aromatic carbocycles. The maximum absolute atomic E-state index is 14.0. The minimum Gasteiger partial charge on any atom is -0.508 e. The summed E-state index contributed by atoms with van der Waals surface area (Å²) >= 11 is 0. The molecule has 1 amide bonds. The highest BCUT2D eigenvalue weighted by Crippen LogP contribution is 2.27. The Labute approximate surface area is 140 Å². The van der Waals surface area contributed by atoms with E-state index in [1.54, 1.807) is 36.2 Å². The first-order chi connectivity index (χ1) is 11.6. The van der Waals surface area contributed by atoms with Gasteiger partial charge in [-0.3, -0.25) is 4.79 Å². The summed E-state index contributed by atoms with van der Waals surface area (Å²) in [6.07, 6.45) is 1.66. The van der Waals surface area contributed by atoms with Gasteiger partial charge in [0.15, 0.2) is 0 Å². The maximum atomic E-state index is 14.0. The van der Waals surface area contributed by atoms with Crippen molar-refractivity contribution in [2.24, 2.45) is 0 Å². The van der Waals surface area contributed by atoms with Crippen molar-refractivity contribution in [3.63, 3.8) is 0 Å². The maximum Gasteiger partial charge on any atom is 0.253 e. The van der Waals surface area contributed by atoms with Crippen molar-refractivity contribution < 1.29 is 19.0 Å². The highest BCUT2D eigenvalue weighted by molar-refractivity contribution is 5.95. The van der Waals surface area contributed by atoms with Crippen LogP contribution in [0.15, 0.2) is 42.5 Å². The number of aromatic hydroxyl groups is 1. The third-order valence-electron chi connectivity index (χ3n) is 4.43. The van der Waals surface area contributed by atoms with E-state index in [0.717, 1.165) is 18.9 Å². The first kappa shape index (κ1) is 16.5. The van der Waals surface area contributed by atoms with Gasteiger partial charge in [0.1, 0.15) is 11.6 Å². The van der Waals surface area contributed by atoms with Crippen LogP contribution in [0.3, 0.4) is 0 Å². The van der Waals surface area contributed by atoms with Crippen LogP contribution in [-0.2, 0) is 4.74 Å². The van der Waals surface area contributed by atoms with E-state index in [1.807, 2.05) is 0 Å². The smallest absolute Gasteiger partial charge is 0.253 e. The molecule has 0 radical (unpaired) electrons. The van der Waals surface area contributed by atoms with E-state index in [1.165, 1.54) is 12.1 Å². The average molecular weight is 329 g/mol. The molecule has 1 fully saturated rings. The number of hydrogen-bond acceptors (Lipinski definition) is 3. The highest BCUT2D eigenvalue weighted by atomic mass is 19.1. The van der Waals surface area contributed by atoms with Crippen LogP contribution < -0.4 is 0 Å². The fraction of sp³-hybridized carbons (Fsp3) is 0.316. The highest BCUT2D eigenvalue weighted by Gasteiger charge is 2.23. The van der Waals surface area contributed by atoms with Gasteiger partial charge in [-0.1, -0.05) is 12.1 Å². The Bertz CT molecular complexity index is 741. The Kier molecular flexibility index (Phi) is 4.81. The van der Waals surface area contributed by atoms with Crippen LogP contribution >= 0.6 is 0 Å². The van der Waals surface area contributed by atoms with Crippen molar-refractivity contribution in [2.75, 3.05) is 20.3 Å². The van der Waals surface area contributed by atoms with E-state index < -0.39 is 5.82 Å². The fourth-order valence-electron chi connectivity index (χ4n) is 3.00. The lowest BCUT2D eigenvalue weighted by Crippen LogP contribution is -2.40. The number of ether oxygens (including phenoxy) is 1. The number of phenolic OH excluding ortho intramolecular Hbond substituents is 1. The molecule has 1 aliphatic heterocycles. The van der Waals surface area contributed by atoms with Crippen molar-refractivity contribution in [2.45, 2.75) is 18.9 Å². The first-order valence-electron chi connectivity index (χ1n) is 8.00. The molecule has 0 aliphatic carbocycles. The average Bonchev–Trinajstić information content (AvgIpc) is 2.61. The number of amides is 1. The Morgan fingerprint density at radius 3 is 2.67 bits per heavy atom. The van der Waals surface area contributed by atoms with E-state index in [-0.39, 0.29) is 17.7 Å². The van der Waals surface area contributed by atoms with Crippen LogP contribution in [0.1, 0.15) is 23.2 Å². The van der Waals surface area contributed by atoms with E-state index in [2.05, 4.69) is 0 Å². The number of carbonyl (C=O) groups excluding carboxylic acids is 1. The van der Waals surface area contributed by atoms with Crippen LogP contribution in [0, 0.1) is 5.82 Å². The summed E-state index contributed by atoms with van der Waals surface area (Å²) in [5.41, 5.74) is 1.49. The number of carbonyl (C=O) groups is 1. The second-order valence-electron chi connectivity index (χ2n) is 6.00. The molecule has 0 unspecified atom stereocenters. The summed E-state index contributed by atoms with van der Waals surface area (Å²) < 4.78 is 19.4. The molecule has 3 rings (SSSR count). The van der Waals surface area contributed by atoms with Crippen LogP contribution in [0.4, 0.5) is 4.39 Å². The molecule has 126 valence electrons. The molecule has 1 saturated heterocycles. The SMILES string of the molecule is CN(C(=O)c1cccc(-c2ccc(O)cc2F)c1)C1CCOCC1. The molecule has 5 heteroatoms. The Hall–Kier alpha value is -2.40. The van der Waals surface area contributed by atoms with Crippen molar-refractivity contribution in [1.29, 1.82) is 0 Å². The number of hydrogen-bond donors (Lipinski definition) is 1. The quantitative estimate of drug-likeness (QED) is 0.938. The van der Waals surface area contributed by atoms with Gasteiger partial charge < -0.3 is 14.7 Å². The van der Waals surface area contributed by atoms with Crippen LogP contribution in [0.5, 0.6) is 5.75 Å². The summed E-state index contributed by atoms with van der Waals surface area (Å²) in [7, 11) is 1.80. The molecule has 1 aliphatic rings. The summed E-state index contributed by atoms with van der Waals surface area (Å²) in [6.45, 7) is 1.34. The molecule has 0 bridgehead atoms. The summed E-state index contributed by atoms with van der Waals surface area (Å²) in [4.78, 5) is 14.5. The predicted octanol–water partition coefficient (Wildman–Crippen LogP) is 3.45. The van der Waals surface area contributed by atoms with Crippen LogP contribution in [0.25, 0.3) is 11.1 Å². The van der Waals surface area contributed by atoms with E-state index >= 15 is 0 Å². The van der Waals surface area contributed by atoms with E-state index in [4.69, 9.17) is 4.74 Å². The largest absolute Gasteiger partial charge is 0.508 e. The van der Waals surface area contributed by atoms with Gasteiger partial charge in [0.05, 0.1) is 0 Å². The van der Waals surface area contributed by atoms with Crippen molar-refractivity contribution in [3.8, 4) is 16.9 Å². The fourth-order valence-corrected chi connectivity index (χ4v) is 3.00. The van der Waals surface area contributed by atoms with Gasteiger partial charge in [-0.25, -0.2) is 4.39 Å². The normalized spacial score (nSPS) is 15.2. The number of benzene rings is 2. The van der Waals surface area contributed by atoms with Gasteiger partial charge in [0.25, 0.3) is 5.91 Å². The predicted molar refractivity (Wildman–Crippen MR) is 89.4 cm³/mol. The minimum atomic E-state index is -0.516. The Balaban J connectivity index is 1.85. The molecule has 0 aromatic heterocycles. The number of halogens is 1. The molecule has 0 atom stereocenters. The summed E-state index contributed by atoms with van der Waals surface area (Å²) in [5, 5.41) is 9.33. The van der Waals surface area contributed by atoms with E-state index in [0.29, 0.717) is 29.9 Å². The van der Waals surface area contributed by atoms with Gasteiger partial charge in [0.2, 0.25) is 0 Å². The Morgan fingerprint density at radius 1 is 1.21 bits per heavy atom. The van der Waals surface area contributed by atoms with E-state index in [9.17, 15) is 14.3 Å². The molecule has 2 aromatic rings. The van der Waals surface area contributed by atoms with Gasteiger partial charge in [-0.2, -0.15) is 0 Å². The lowest BCUT2D eigenvalue weighted by atomic mass is 10.0. The van der Waals surface area contributed by atoms with Gasteiger partial charge in [-0.05, 0) is 42.7 Å². The van der Waals surface area contributed by atoms with Crippen LogP contribution in [-0.4, -0.2) is 42.2 Å². The molecule has 24 heavy (non-hydrogen) atoms. The van der Waals surface area contributed by atoms with Crippen LogP contribution in [0.2, 0.25) is 0 Å². The van der Waals surface area contributed by atoms with Crippen molar-refractivity contribution >= 4 is 5.91 Å². The lowest BCUT2D eigenvalue weighted by Gasteiger charge is -2.31. The lowest BCUT2D eigenvalue weighted by molar-refractivity contribution is 0.0362. The molecule has 0 saturated carbocycles. The zero-order valence-corrected chi connectivity index (χ0v) is 13.5. The third-order valence-corrected chi connectivity index (χ3v) is 4.43. The summed E-state index contributed by atoms with van der Waals surface area (Å²) in [5.74, 6) is -0.719. The first-order valence-corrected chi connectivity index (χ1v) is 8.00. The number of phenols is 1. The zero-order chi connectivity index (χ0) is 17.1. The van der Waals surface area contributed by atoms with Gasteiger partial charge in [0, 0.05) is 43.5 Å². The standard InChI is InChI=1S/C19H20FNO3/c1-21(15-7-9-24-10-8-15)19(23)14-4-2-3-13(11-14)17-6-5-16(22)12-18(17)20/h2-6,11-12,15,22H,7-10H2,1H3. The van der Waals surface area contributed by atoms with Gasteiger partial charge >= 0.3 is 0 Å². The third kappa shape index (κ3) is 3.41. The molecule has 0 spiro atoms. The second-order valence-corrected chi connectivity index (χ2v) is 6.00. The molecule has 1 heterocycles. The topological polar surface area (TPSA) is 49.8 Å². The van der Waals surface area contributed by atoms with Crippen molar-refractivity contribution in [1.82, 2.24) is 4.90 Å². The summed E-state index contributed by atoms with van der Waals surface area (Å²) in [6, 6.07) is 11.1. The Morgan fingerprint density at radius 2 is 1.96 bits per heavy atom. The number of nitrogens with zero attached hydrogens (tertiary/aromatic N) is 1. The molecule has 1 N–H and O–H groups in total. The zero-order valence-electron chi connectivity index (χ0n) is 13.5.